The SMILES string of the molecule is Cc1cccc(N(CC(=O)N(Cc2ccccc2C)[C@@H](C)C(=O)NC(C)C)S(=O)(=O)c2ccc(Cl)cc2)c1. The van der Waals surface area contributed by atoms with Gasteiger partial charge in [-0.25, -0.2) is 8.42 Å². The first-order valence-electron chi connectivity index (χ1n) is 12.4. The van der Waals surface area contributed by atoms with Gasteiger partial charge >= 0.3 is 0 Å². The van der Waals surface area contributed by atoms with E-state index in [-0.39, 0.29) is 23.4 Å². The van der Waals surface area contributed by atoms with Gasteiger partial charge < -0.3 is 10.2 Å². The molecule has 0 bridgehead atoms. The Hall–Kier alpha value is -3.36. The summed E-state index contributed by atoms with van der Waals surface area (Å²) in [7, 11) is -4.14. The first-order valence-corrected chi connectivity index (χ1v) is 14.2. The Morgan fingerprint density at radius 1 is 0.921 bits per heavy atom. The van der Waals surface area contributed by atoms with Crippen molar-refractivity contribution in [1.29, 1.82) is 0 Å². The summed E-state index contributed by atoms with van der Waals surface area (Å²) in [6.45, 7) is 8.79. The number of amides is 2. The van der Waals surface area contributed by atoms with Crippen molar-refractivity contribution in [3.63, 3.8) is 0 Å². The van der Waals surface area contributed by atoms with Gasteiger partial charge in [-0.3, -0.25) is 13.9 Å². The van der Waals surface area contributed by atoms with Gasteiger partial charge in [0.15, 0.2) is 0 Å². The largest absolute Gasteiger partial charge is 0.352 e. The Labute approximate surface area is 230 Å². The third kappa shape index (κ3) is 7.14. The molecule has 3 aromatic carbocycles. The van der Waals surface area contributed by atoms with Crippen molar-refractivity contribution < 1.29 is 18.0 Å². The summed E-state index contributed by atoms with van der Waals surface area (Å²) in [5.41, 5.74) is 3.02. The molecular weight excluding hydrogens is 522 g/mol. The van der Waals surface area contributed by atoms with Crippen molar-refractivity contribution in [3.8, 4) is 0 Å². The summed E-state index contributed by atoms with van der Waals surface area (Å²) in [5.74, 6) is -0.816. The number of halogens is 1. The van der Waals surface area contributed by atoms with E-state index in [0.717, 1.165) is 21.0 Å². The fraction of sp³-hybridized carbons (Fsp3) is 0.310. The zero-order chi connectivity index (χ0) is 28.0. The monoisotopic (exact) mass is 555 g/mol. The van der Waals surface area contributed by atoms with Gasteiger partial charge in [-0.2, -0.15) is 0 Å². The molecule has 0 aliphatic heterocycles. The summed E-state index contributed by atoms with van der Waals surface area (Å²) in [6, 6.07) is 19.4. The van der Waals surface area contributed by atoms with Crippen LogP contribution in [0.2, 0.25) is 5.02 Å². The Kier molecular flexibility index (Phi) is 9.57. The predicted molar refractivity (Wildman–Crippen MR) is 152 cm³/mol. The molecule has 0 aliphatic carbocycles. The molecule has 7 nitrogen and oxygen atoms in total. The highest BCUT2D eigenvalue weighted by Crippen LogP contribution is 2.26. The number of benzene rings is 3. The first-order chi connectivity index (χ1) is 17.9. The molecule has 1 atom stereocenters. The van der Waals surface area contributed by atoms with Crippen LogP contribution in [0.3, 0.4) is 0 Å². The lowest BCUT2D eigenvalue weighted by Crippen LogP contribution is -2.52. The maximum absolute atomic E-state index is 13.9. The Balaban J connectivity index is 2.04. The average Bonchev–Trinajstić information content (AvgIpc) is 2.86. The number of rotatable bonds is 10. The fourth-order valence-electron chi connectivity index (χ4n) is 4.00. The summed E-state index contributed by atoms with van der Waals surface area (Å²) in [6.07, 6.45) is 0. The van der Waals surface area contributed by atoms with Crippen LogP contribution in [0.5, 0.6) is 0 Å². The van der Waals surface area contributed by atoms with E-state index in [1.807, 2.05) is 58.0 Å². The van der Waals surface area contributed by atoms with E-state index in [1.165, 1.54) is 29.2 Å². The minimum atomic E-state index is -4.14. The molecule has 3 aromatic rings. The van der Waals surface area contributed by atoms with Gasteiger partial charge in [0.05, 0.1) is 10.6 Å². The van der Waals surface area contributed by atoms with Gasteiger partial charge in [0, 0.05) is 17.6 Å². The van der Waals surface area contributed by atoms with E-state index in [4.69, 9.17) is 11.6 Å². The van der Waals surface area contributed by atoms with Gasteiger partial charge in [-0.1, -0.05) is 48.0 Å². The van der Waals surface area contributed by atoms with Crippen LogP contribution in [0, 0.1) is 13.8 Å². The van der Waals surface area contributed by atoms with E-state index in [1.54, 1.807) is 25.1 Å². The Bertz CT molecular complexity index is 1390. The molecule has 0 aliphatic rings. The van der Waals surface area contributed by atoms with Crippen LogP contribution in [-0.2, 0) is 26.2 Å². The predicted octanol–water partition coefficient (Wildman–Crippen LogP) is 5.09. The lowest BCUT2D eigenvalue weighted by atomic mass is 10.1. The zero-order valence-electron chi connectivity index (χ0n) is 22.3. The number of carbonyl (C=O) groups is 2. The van der Waals surface area contributed by atoms with E-state index < -0.39 is 28.5 Å². The highest BCUT2D eigenvalue weighted by atomic mass is 35.5. The summed E-state index contributed by atoms with van der Waals surface area (Å²) >= 11 is 5.99. The van der Waals surface area contributed by atoms with Crippen molar-refractivity contribution in [1.82, 2.24) is 10.2 Å². The Morgan fingerprint density at radius 2 is 1.58 bits per heavy atom. The van der Waals surface area contributed by atoms with Gasteiger partial charge in [-0.15, -0.1) is 0 Å². The average molecular weight is 556 g/mol. The van der Waals surface area contributed by atoms with Crippen LogP contribution < -0.4 is 9.62 Å². The Morgan fingerprint density at radius 3 is 2.18 bits per heavy atom. The van der Waals surface area contributed by atoms with Crippen LogP contribution in [0.4, 0.5) is 5.69 Å². The molecule has 0 radical (unpaired) electrons. The minimum Gasteiger partial charge on any atom is -0.352 e. The molecule has 38 heavy (non-hydrogen) atoms. The van der Waals surface area contributed by atoms with E-state index in [2.05, 4.69) is 5.32 Å². The molecule has 3 rings (SSSR count). The van der Waals surface area contributed by atoms with Crippen molar-refractivity contribution in [3.05, 3.63) is 94.5 Å². The molecule has 0 heterocycles. The second-order valence-corrected chi connectivity index (χ2v) is 11.9. The lowest BCUT2D eigenvalue weighted by molar-refractivity contribution is -0.139. The third-order valence-electron chi connectivity index (χ3n) is 6.17. The maximum Gasteiger partial charge on any atom is 0.264 e. The zero-order valence-corrected chi connectivity index (χ0v) is 23.9. The van der Waals surface area contributed by atoms with Gasteiger partial charge in [0.1, 0.15) is 12.6 Å². The standard InChI is InChI=1S/C29H34ClN3O4S/c1-20(2)31-29(35)23(5)32(18-24-11-7-6-10-22(24)4)28(34)19-33(26-12-8-9-21(3)17-26)38(36,37)27-15-13-25(30)14-16-27/h6-17,20,23H,18-19H2,1-5H3,(H,31,35)/t23-/m0/s1. The second kappa shape index (κ2) is 12.5. The van der Waals surface area contributed by atoms with Crippen LogP contribution >= 0.6 is 11.6 Å². The number of anilines is 1. The van der Waals surface area contributed by atoms with Crippen molar-refractivity contribution >= 4 is 39.1 Å². The molecule has 9 heteroatoms. The molecule has 0 unspecified atom stereocenters. The third-order valence-corrected chi connectivity index (χ3v) is 8.21. The van der Waals surface area contributed by atoms with Crippen LogP contribution in [-0.4, -0.2) is 43.8 Å². The quantitative estimate of drug-likeness (QED) is 0.377. The number of hydrogen-bond donors (Lipinski definition) is 1. The number of nitrogens with zero attached hydrogens (tertiary/aromatic N) is 2. The normalized spacial score (nSPS) is 12.2. The van der Waals surface area contributed by atoms with Gasteiger partial charge in [0.25, 0.3) is 10.0 Å². The van der Waals surface area contributed by atoms with E-state index >= 15 is 0 Å². The smallest absolute Gasteiger partial charge is 0.264 e. The van der Waals surface area contributed by atoms with Crippen molar-refractivity contribution in [2.24, 2.45) is 0 Å². The molecule has 0 spiro atoms. The van der Waals surface area contributed by atoms with E-state index in [0.29, 0.717) is 10.7 Å². The molecular formula is C29H34ClN3O4S. The fourth-order valence-corrected chi connectivity index (χ4v) is 5.54. The summed E-state index contributed by atoms with van der Waals surface area (Å²) in [4.78, 5) is 28.3. The summed E-state index contributed by atoms with van der Waals surface area (Å²) < 4.78 is 28.7. The second-order valence-electron chi connectivity index (χ2n) is 9.59. The molecule has 0 saturated carbocycles. The number of nitrogens with one attached hydrogen (secondary N) is 1. The van der Waals surface area contributed by atoms with Crippen molar-refractivity contribution in [2.75, 3.05) is 10.8 Å². The van der Waals surface area contributed by atoms with Gasteiger partial charge in [0.2, 0.25) is 11.8 Å². The number of aryl methyl sites for hydroxylation is 2. The minimum absolute atomic E-state index is 0.00672. The molecule has 1 N–H and O–H groups in total. The molecule has 202 valence electrons. The van der Waals surface area contributed by atoms with Crippen LogP contribution in [0.15, 0.2) is 77.7 Å². The van der Waals surface area contributed by atoms with Gasteiger partial charge in [-0.05, 0) is 87.7 Å². The number of hydrogen-bond acceptors (Lipinski definition) is 4. The highest BCUT2D eigenvalue weighted by molar-refractivity contribution is 7.92. The molecule has 0 fully saturated rings. The first kappa shape index (κ1) is 29.2. The number of sulfonamides is 1. The lowest BCUT2D eigenvalue weighted by Gasteiger charge is -2.32. The summed E-state index contributed by atoms with van der Waals surface area (Å²) in [5, 5.41) is 3.25. The van der Waals surface area contributed by atoms with Crippen molar-refractivity contribution in [2.45, 2.75) is 58.1 Å². The van der Waals surface area contributed by atoms with Crippen LogP contribution in [0.25, 0.3) is 0 Å². The topological polar surface area (TPSA) is 86.8 Å². The number of carbonyl (C=O) groups excluding carboxylic acids is 2. The maximum atomic E-state index is 13.9. The highest BCUT2D eigenvalue weighted by Gasteiger charge is 2.32. The molecule has 2 amide bonds. The molecule has 0 aromatic heterocycles. The molecule has 0 saturated heterocycles. The van der Waals surface area contributed by atoms with Crippen LogP contribution in [0.1, 0.15) is 37.5 Å². The van der Waals surface area contributed by atoms with E-state index in [9.17, 15) is 18.0 Å².